The molecule has 0 bridgehead atoms. The fourth-order valence-corrected chi connectivity index (χ4v) is 1.74. The molecule has 1 aromatic carbocycles. The van der Waals surface area contributed by atoms with Crippen molar-refractivity contribution in [2.45, 2.75) is 19.4 Å². The number of nitrogens with zero attached hydrogens (tertiary/aromatic N) is 1. The summed E-state index contributed by atoms with van der Waals surface area (Å²) < 4.78 is 5.37. The Morgan fingerprint density at radius 3 is 2.65 bits per heavy atom. The number of urea groups is 1. The molecule has 20 heavy (non-hydrogen) atoms. The monoisotopic (exact) mass is 279 g/mol. The lowest BCUT2D eigenvalue weighted by molar-refractivity contribution is -0.384. The molecule has 1 fully saturated rings. The van der Waals surface area contributed by atoms with Crippen LogP contribution >= 0.6 is 0 Å². The Labute approximate surface area is 116 Å². The third-order valence-corrected chi connectivity index (χ3v) is 3.13. The second-order valence-corrected chi connectivity index (χ2v) is 4.82. The number of nitro benzene ring substituents is 1. The molecule has 1 aromatic rings. The molecular weight excluding hydrogens is 262 g/mol. The quantitative estimate of drug-likeness (QED) is 0.470. The zero-order chi connectivity index (χ0) is 14.5. The molecule has 7 heteroatoms. The van der Waals surface area contributed by atoms with Crippen molar-refractivity contribution in [1.29, 1.82) is 0 Å². The number of hydrogen-bond acceptors (Lipinski definition) is 4. The van der Waals surface area contributed by atoms with E-state index in [0.717, 1.165) is 6.42 Å². The van der Waals surface area contributed by atoms with Gasteiger partial charge < -0.3 is 15.4 Å². The van der Waals surface area contributed by atoms with Crippen molar-refractivity contribution in [2.75, 3.05) is 13.2 Å². The van der Waals surface area contributed by atoms with Gasteiger partial charge in [0.1, 0.15) is 12.4 Å². The largest absolute Gasteiger partial charge is 0.492 e. The highest BCUT2D eigenvalue weighted by Crippen LogP contribution is 2.28. The molecule has 7 nitrogen and oxygen atoms in total. The molecule has 0 unspecified atom stereocenters. The Hall–Kier alpha value is -2.31. The minimum absolute atomic E-state index is 0.0217. The minimum Gasteiger partial charge on any atom is -0.492 e. The first-order valence-corrected chi connectivity index (χ1v) is 6.48. The zero-order valence-electron chi connectivity index (χ0n) is 11.2. The van der Waals surface area contributed by atoms with Crippen molar-refractivity contribution in [3.63, 3.8) is 0 Å². The van der Waals surface area contributed by atoms with E-state index >= 15 is 0 Å². The predicted molar refractivity (Wildman–Crippen MR) is 72.7 cm³/mol. The number of rotatable bonds is 6. The van der Waals surface area contributed by atoms with E-state index in [9.17, 15) is 14.9 Å². The van der Waals surface area contributed by atoms with E-state index in [2.05, 4.69) is 17.6 Å². The van der Waals surface area contributed by atoms with Gasteiger partial charge in [-0.3, -0.25) is 10.1 Å². The molecule has 1 aliphatic carbocycles. The highest BCUT2D eigenvalue weighted by molar-refractivity contribution is 5.74. The van der Waals surface area contributed by atoms with Gasteiger partial charge in [-0.05, 0) is 24.5 Å². The SMILES string of the molecule is C[C@@H]1C[C@H]1NC(=O)NCCOc1ccc([N+](=O)[O-])cc1. The molecule has 2 N–H and O–H groups in total. The van der Waals surface area contributed by atoms with Gasteiger partial charge in [-0.15, -0.1) is 0 Å². The first-order chi connectivity index (χ1) is 9.56. The summed E-state index contributed by atoms with van der Waals surface area (Å²) in [5.74, 6) is 1.10. The third kappa shape index (κ3) is 4.11. The van der Waals surface area contributed by atoms with Gasteiger partial charge in [-0.1, -0.05) is 6.92 Å². The van der Waals surface area contributed by atoms with E-state index in [1.165, 1.54) is 24.3 Å². The van der Waals surface area contributed by atoms with Gasteiger partial charge in [-0.25, -0.2) is 4.79 Å². The van der Waals surface area contributed by atoms with Gasteiger partial charge in [0.2, 0.25) is 0 Å². The molecule has 0 heterocycles. The highest BCUT2D eigenvalue weighted by atomic mass is 16.6. The van der Waals surface area contributed by atoms with Gasteiger partial charge >= 0.3 is 6.03 Å². The van der Waals surface area contributed by atoms with Crippen LogP contribution in [0.25, 0.3) is 0 Å². The summed E-state index contributed by atoms with van der Waals surface area (Å²) in [7, 11) is 0. The predicted octanol–water partition coefficient (Wildman–Crippen LogP) is 1.68. The van der Waals surface area contributed by atoms with Crippen LogP contribution < -0.4 is 15.4 Å². The van der Waals surface area contributed by atoms with Crippen LogP contribution in [0.15, 0.2) is 24.3 Å². The maximum Gasteiger partial charge on any atom is 0.315 e. The summed E-state index contributed by atoms with van der Waals surface area (Å²) in [6, 6.07) is 5.93. The molecule has 0 aliphatic heterocycles. The van der Waals surface area contributed by atoms with Gasteiger partial charge in [0.25, 0.3) is 5.69 Å². The number of carbonyl (C=O) groups excluding carboxylic acids is 1. The number of benzene rings is 1. The van der Waals surface area contributed by atoms with Gasteiger partial charge in [0.05, 0.1) is 11.5 Å². The molecule has 0 spiro atoms. The van der Waals surface area contributed by atoms with E-state index in [0.29, 0.717) is 30.9 Å². The van der Waals surface area contributed by atoms with Crippen LogP contribution in [0.2, 0.25) is 0 Å². The van der Waals surface area contributed by atoms with Crippen LogP contribution in [-0.2, 0) is 0 Å². The second kappa shape index (κ2) is 6.23. The standard InChI is InChI=1S/C13H17N3O4/c1-9-8-12(9)15-13(17)14-6-7-20-11-4-2-10(3-5-11)16(18)19/h2-5,9,12H,6-8H2,1H3,(H2,14,15,17)/t9-,12-/m1/s1. The molecule has 2 rings (SSSR count). The summed E-state index contributed by atoms with van der Waals surface area (Å²) in [6.07, 6.45) is 1.03. The first kappa shape index (κ1) is 14.1. The van der Waals surface area contributed by atoms with Gasteiger partial charge in [0.15, 0.2) is 0 Å². The topological polar surface area (TPSA) is 93.5 Å². The van der Waals surface area contributed by atoms with E-state index in [1.807, 2.05) is 0 Å². The van der Waals surface area contributed by atoms with Crippen molar-refractivity contribution in [2.24, 2.45) is 5.92 Å². The Morgan fingerprint density at radius 2 is 2.10 bits per heavy atom. The number of amides is 2. The van der Waals surface area contributed by atoms with Crippen molar-refractivity contribution in [3.8, 4) is 5.75 Å². The first-order valence-electron chi connectivity index (χ1n) is 6.48. The van der Waals surface area contributed by atoms with E-state index in [4.69, 9.17) is 4.74 Å². The summed E-state index contributed by atoms with van der Waals surface area (Å²) in [4.78, 5) is 21.4. The van der Waals surface area contributed by atoms with Crippen LogP contribution in [0.4, 0.5) is 10.5 Å². The van der Waals surface area contributed by atoms with E-state index < -0.39 is 4.92 Å². The highest BCUT2D eigenvalue weighted by Gasteiger charge is 2.33. The molecule has 108 valence electrons. The average Bonchev–Trinajstić information content (AvgIpc) is 3.10. The van der Waals surface area contributed by atoms with Gasteiger partial charge in [-0.2, -0.15) is 0 Å². The fourth-order valence-electron chi connectivity index (χ4n) is 1.74. The Bertz CT molecular complexity index is 489. The summed E-state index contributed by atoms with van der Waals surface area (Å²) in [5.41, 5.74) is 0.0217. The summed E-state index contributed by atoms with van der Waals surface area (Å²) >= 11 is 0. The lowest BCUT2D eigenvalue weighted by Gasteiger charge is -2.08. The van der Waals surface area contributed by atoms with E-state index in [1.54, 1.807) is 0 Å². The normalized spacial score (nSPS) is 20.1. The maximum absolute atomic E-state index is 11.4. The molecule has 2 amide bonds. The van der Waals surface area contributed by atoms with Crippen molar-refractivity contribution < 1.29 is 14.5 Å². The smallest absolute Gasteiger partial charge is 0.315 e. The lowest BCUT2D eigenvalue weighted by Crippen LogP contribution is -2.39. The number of nitrogens with one attached hydrogen (secondary N) is 2. The number of ether oxygens (including phenoxy) is 1. The average molecular weight is 279 g/mol. The Kier molecular flexibility index (Phi) is 4.39. The molecular formula is C13H17N3O4. The van der Waals surface area contributed by atoms with Crippen molar-refractivity contribution in [3.05, 3.63) is 34.4 Å². The maximum atomic E-state index is 11.4. The third-order valence-electron chi connectivity index (χ3n) is 3.13. The number of nitro groups is 1. The van der Waals surface area contributed by atoms with Crippen LogP contribution in [0, 0.1) is 16.0 Å². The number of carbonyl (C=O) groups is 1. The molecule has 2 atom stereocenters. The molecule has 0 radical (unpaired) electrons. The number of hydrogen-bond donors (Lipinski definition) is 2. The molecule has 0 aromatic heterocycles. The number of non-ortho nitro benzene ring substituents is 1. The fraction of sp³-hybridized carbons (Fsp3) is 0.462. The van der Waals surface area contributed by atoms with Crippen molar-refractivity contribution >= 4 is 11.7 Å². The summed E-state index contributed by atoms with van der Waals surface area (Å²) in [6.45, 7) is 2.78. The Morgan fingerprint density at radius 1 is 1.45 bits per heavy atom. The minimum atomic E-state index is -0.464. The van der Waals surface area contributed by atoms with Crippen LogP contribution in [0.1, 0.15) is 13.3 Å². The van der Waals surface area contributed by atoms with E-state index in [-0.39, 0.29) is 11.7 Å². The lowest BCUT2D eigenvalue weighted by atomic mass is 10.3. The molecule has 1 saturated carbocycles. The van der Waals surface area contributed by atoms with Crippen LogP contribution in [0.3, 0.4) is 0 Å². The zero-order valence-corrected chi connectivity index (χ0v) is 11.2. The molecule has 0 saturated heterocycles. The second-order valence-electron chi connectivity index (χ2n) is 4.82. The van der Waals surface area contributed by atoms with Crippen molar-refractivity contribution in [1.82, 2.24) is 10.6 Å². The Balaban J connectivity index is 1.62. The summed E-state index contributed by atoms with van der Waals surface area (Å²) in [5, 5.41) is 16.0. The van der Waals surface area contributed by atoms with Gasteiger partial charge in [0, 0.05) is 18.2 Å². The molecule has 1 aliphatic rings. The van der Waals surface area contributed by atoms with Crippen LogP contribution in [-0.4, -0.2) is 30.1 Å². The van der Waals surface area contributed by atoms with Crippen LogP contribution in [0.5, 0.6) is 5.75 Å².